The molecule has 1 saturated heterocycles. The summed E-state index contributed by atoms with van der Waals surface area (Å²) in [6.07, 6.45) is 2.59. The molecule has 0 unspecified atom stereocenters. The van der Waals surface area contributed by atoms with E-state index in [0.29, 0.717) is 5.15 Å². The Balaban J connectivity index is 0.00000144. The van der Waals surface area contributed by atoms with Crippen molar-refractivity contribution in [1.29, 1.82) is 0 Å². The highest BCUT2D eigenvalue weighted by Crippen LogP contribution is 2.27. The van der Waals surface area contributed by atoms with Crippen LogP contribution in [-0.4, -0.2) is 29.9 Å². The minimum Gasteiger partial charge on any atom is -1.00 e. The number of hydrogen-bond donors (Lipinski definition) is 1. The number of nitrogens with one attached hydrogen (secondary N) is 1. The first kappa shape index (κ1) is 15.1. The third-order valence-electron chi connectivity index (χ3n) is 3.12. The minimum atomic E-state index is 0. The van der Waals surface area contributed by atoms with Crippen LogP contribution in [-0.2, 0) is 0 Å². The highest BCUT2D eigenvalue weighted by atomic mass is 35.5. The molecule has 96 valence electrons. The Bertz CT molecular complexity index is 341. The third kappa shape index (κ3) is 4.66. The van der Waals surface area contributed by atoms with Crippen LogP contribution < -0.4 is 17.3 Å². The standard InChI is InChI=1S/C12H17ClN2S.ClH/c1-2-15-8-6-10(7-9-15)16-12-5-3-4-11(13)14-12;/h3-5,10H,2,6-9H2,1H3;1H. The van der Waals surface area contributed by atoms with Crippen LogP contribution >= 0.6 is 23.4 Å². The molecule has 2 heterocycles. The van der Waals surface area contributed by atoms with Crippen molar-refractivity contribution >= 4 is 23.4 Å². The molecular formula is C12H18Cl2N2S. The van der Waals surface area contributed by atoms with Crippen molar-refractivity contribution in [3.8, 4) is 0 Å². The van der Waals surface area contributed by atoms with E-state index in [9.17, 15) is 0 Å². The second kappa shape index (κ2) is 7.47. The third-order valence-corrected chi connectivity index (χ3v) is 4.60. The van der Waals surface area contributed by atoms with Gasteiger partial charge in [-0.1, -0.05) is 17.7 Å². The SMILES string of the molecule is CC[NH+]1CCC(Sc2cccc(Cl)n2)CC1.[Cl-]. The van der Waals surface area contributed by atoms with E-state index < -0.39 is 0 Å². The van der Waals surface area contributed by atoms with Crippen LogP contribution in [0.2, 0.25) is 5.15 Å². The predicted molar refractivity (Wildman–Crippen MR) is 69.4 cm³/mol. The second-order valence-electron chi connectivity index (χ2n) is 4.22. The zero-order valence-electron chi connectivity index (χ0n) is 9.96. The number of aromatic nitrogens is 1. The van der Waals surface area contributed by atoms with Crippen molar-refractivity contribution in [2.24, 2.45) is 0 Å². The van der Waals surface area contributed by atoms with Gasteiger partial charge in [-0.3, -0.25) is 0 Å². The van der Waals surface area contributed by atoms with Crippen LogP contribution in [0.5, 0.6) is 0 Å². The van der Waals surface area contributed by atoms with E-state index in [4.69, 9.17) is 11.6 Å². The van der Waals surface area contributed by atoms with Crippen LogP contribution in [0.4, 0.5) is 0 Å². The molecule has 0 aliphatic carbocycles. The topological polar surface area (TPSA) is 17.3 Å². The lowest BCUT2D eigenvalue weighted by Crippen LogP contribution is -3.12. The molecule has 1 aromatic rings. The number of nitrogens with zero attached hydrogens (tertiary/aromatic N) is 1. The monoisotopic (exact) mass is 292 g/mol. The second-order valence-corrected chi connectivity index (χ2v) is 5.93. The van der Waals surface area contributed by atoms with E-state index in [1.807, 2.05) is 23.9 Å². The maximum atomic E-state index is 5.88. The van der Waals surface area contributed by atoms with Crippen LogP contribution in [0.1, 0.15) is 19.8 Å². The summed E-state index contributed by atoms with van der Waals surface area (Å²) in [5.74, 6) is 0. The average Bonchev–Trinajstić information content (AvgIpc) is 2.30. The molecule has 0 spiro atoms. The zero-order chi connectivity index (χ0) is 11.4. The fourth-order valence-electron chi connectivity index (χ4n) is 2.10. The van der Waals surface area contributed by atoms with Gasteiger partial charge < -0.3 is 17.3 Å². The molecule has 0 atom stereocenters. The Morgan fingerprint density at radius 1 is 1.41 bits per heavy atom. The highest BCUT2D eigenvalue weighted by molar-refractivity contribution is 7.99. The van der Waals surface area contributed by atoms with Crippen LogP contribution in [0.25, 0.3) is 0 Å². The highest BCUT2D eigenvalue weighted by Gasteiger charge is 2.21. The van der Waals surface area contributed by atoms with Crippen molar-refractivity contribution in [2.75, 3.05) is 19.6 Å². The van der Waals surface area contributed by atoms with Gasteiger partial charge in [0, 0.05) is 18.1 Å². The van der Waals surface area contributed by atoms with Gasteiger partial charge in [0.05, 0.1) is 24.7 Å². The molecule has 2 rings (SSSR count). The Labute approximate surface area is 119 Å². The van der Waals surface area contributed by atoms with Crippen molar-refractivity contribution in [2.45, 2.75) is 30.0 Å². The molecule has 1 N–H and O–H groups in total. The average molecular weight is 293 g/mol. The number of quaternary nitrogens is 1. The van der Waals surface area contributed by atoms with Gasteiger partial charge in [0.1, 0.15) is 5.15 Å². The molecular weight excluding hydrogens is 275 g/mol. The number of pyridine rings is 1. The summed E-state index contributed by atoms with van der Waals surface area (Å²) in [5, 5.41) is 2.39. The smallest absolute Gasteiger partial charge is 0.130 e. The first-order chi connectivity index (χ1) is 7.78. The van der Waals surface area contributed by atoms with Crippen molar-refractivity contribution in [3.05, 3.63) is 23.4 Å². The molecule has 0 aromatic carbocycles. The number of thioether (sulfide) groups is 1. The number of halogens is 2. The zero-order valence-corrected chi connectivity index (χ0v) is 12.3. The Morgan fingerprint density at radius 2 is 2.12 bits per heavy atom. The molecule has 1 aliphatic heterocycles. The van der Waals surface area contributed by atoms with Gasteiger partial charge in [-0.15, -0.1) is 11.8 Å². The number of hydrogen-bond acceptors (Lipinski definition) is 2. The number of likely N-dealkylation sites (tertiary alicyclic amines) is 1. The largest absolute Gasteiger partial charge is 1.00 e. The van der Waals surface area contributed by atoms with E-state index in [2.05, 4.69) is 18.0 Å². The van der Waals surface area contributed by atoms with Crippen LogP contribution in [0.15, 0.2) is 23.2 Å². The lowest BCUT2D eigenvalue weighted by molar-refractivity contribution is -0.902. The molecule has 1 aliphatic rings. The Kier molecular flexibility index (Phi) is 6.63. The first-order valence-electron chi connectivity index (χ1n) is 5.90. The maximum Gasteiger partial charge on any atom is 0.130 e. The van der Waals surface area contributed by atoms with Gasteiger partial charge in [0.25, 0.3) is 0 Å². The summed E-state index contributed by atoms with van der Waals surface area (Å²) in [5.41, 5.74) is 0. The molecule has 1 fully saturated rings. The van der Waals surface area contributed by atoms with Gasteiger partial charge in [0.15, 0.2) is 0 Å². The van der Waals surface area contributed by atoms with Crippen molar-refractivity contribution < 1.29 is 17.3 Å². The summed E-state index contributed by atoms with van der Waals surface area (Å²) < 4.78 is 0. The van der Waals surface area contributed by atoms with Crippen LogP contribution in [0.3, 0.4) is 0 Å². The summed E-state index contributed by atoms with van der Waals surface area (Å²) in [6, 6.07) is 5.86. The molecule has 5 heteroatoms. The van der Waals surface area contributed by atoms with E-state index in [1.165, 1.54) is 32.5 Å². The molecule has 0 saturated carbocycles. The summed E-state index contributed by atoms with van der Waals surface area (Å²) in [4.78, 5) is 6.06. The molecule has 2 nitrogen and oxygen atoms in total. The van der Waals surface area contributed by atoms with Crippen LogP contribution in [0, 0.1) is 0 Å². The van der Waals surface area contributed by atoms with E-state index in [0.717, 1.165) is 10.3 Å². The predicted octanol–water partition coefficient (Wildman–Crippen LogP) is -1.10. The summed E-state index contributed by atoms with van der Waals surface area (Å²) >= 11 is 7.76. The van der Waals surface area contributed by atoms with E-state index in [1.54, 1.807) is 4.90 Å². The van der Waals surface area contributed by atoms with Gasteiger partial charge in [-0.2, -0.15) is 0 Å². The summed E-state index contributed by atoms with van der Waals surface area (Å²) in [6.45, 7) is 6.12. The van der Waals surface area contributed by atoms with E-state index in [-0.39, 0.29) is 12.4 Å². The normalized spacial score (nSPS) is 24.1. The van der Waals surface area contributed by atoms with Gasteiger partial charge >= 0.3 is 0 Å². The number of piperidine rings is 1. The lowest BCUT2D eigenvalue weighted by atomic mass is 10.1. The fraction of sp³-hybridized carbons (Fsp3) is 0.583. The summed E-state index contributed by atoms with van der Waals surface area (Å²) in [7, 11) is 0. The Hall–Kier alpha value is 0.0400. The number of rotatable bonds is 3. The first-order valence-corrected chi connectivity index (χ1v) is 7.16. The quantitative estimate of drug-likeness (QED) is 0.713. The molecule has 0 bridgehead atoms. The van der Waals surface area contributed by atoms with Crippen molar-refractivity contribution in [3.63, 3.8) is 0 Å². The minimum absolute atomic E-state index is 0. The molecule has 0 amide bonds. The maximum absolute atomic E-state index is 5.88. The van der Waals surface area contributed by atoms with Gasteiger partial charge in [-0.25, -0.2) is 4.98 Å². The van der Waals surface area contributed by atoms with Crippen molar-refractivity contribution in [1.82, 2.24) is 4.98 Å². The van der Waals surface area contributed by atoms with Gasteiger partial charge in [-0.05, 0) is 19.1 Å². The van der Waals surface area contributed by atoms with Gasteiger partial charge in [0.2, 0.25) is 0 Å². The van der Waals surface area contributed by atoms with E-state index >= 15 is 0 Å². The Morgan fingerprint density at radius 3 is 2.71 bits per heavy atom. The fourth-order valence-corrected chi connectivity index (χ4v) is 3.43. The molecule has 17 heavy (non-hydrogen) atoms. The lowest BCUT2D eigenvalue weighted by Gasteiger charge is -2.27. The molecule has 0 radical (unpaired) electrons. The molecule has 1 aromatic heterocycles.